The Morgan fingerprint density at radius 2 is 1.18 bits per heavy atom. The van der Waals surface area contributed by atoms with E-state index in [2.05, 4.69) is 11.4 Å². The minimum Gasteiger partial charge on any atom is -0.493 e. The minimum absolute atomic E-state index is 0.148. The van der Waals surface area contributed by atoms with Crippen LogP contribution in [0.3, 0.4) is 0 Å². The second kappa shape index (κ2) is 15.2. The molecule has 242 valence electrons. The second-order valence-electron chi connectivity index (χ2n) is 13.3. The van der Waals surface area contributed by atoms with Gasteiger partial charge in [-0.1, -0.05) is 38.1 Å². The molecule has 0 aromatic heterocycles. The molecule has 0 spiro atoms. The maximum absolute atomic E-state index is 13.4. The first kappa shape index (κ1) is 35.4. The van der Waals surface area contributed by atoms with Gasteiger partial charge in [0.25, 0.3) is 0 Å². The van der Waals surface area contributed by atoms with Crippen molar-refractivity contribution < 1.29 is 28.6 Å². The molecule has 0 atom stereocenters. The van der Waals surface area contributed by atoms with E-state index in [9.17, 15) is 14.4 Å². The summed E-state index contributed by atoms with van der Waals surface area (Å²) in [6.45, 7) is 17.9. The Morgan fingerprint density at radius 3 is 1.69 bits per heavy atom. The number of Topliss-reactive ketones (excluding diaryl/α,β-unsaturated/α-hetero) is 1. The summed E-state index contributed by atoms with van der Waals surface area (Å²) in [5.41, 5.74) is 3.57. The summed E-state index contributed by atoms with van der Waals surface area (Å²) in [6.07, 6.45) is 2.44. The zero-order chi connectivity index (χ0) is 33.4. The molecule has 0 heterocycles. The normalized spacial score (nSPS) is 11.6. The lowest BCUT2D eigenvalue weighted by Gasteiger charge is -2.26. The molecule has 0 aliphatic rings. The Bertz CT molecular complexity index is 1520. The lowest BCUT2D eigenvalue weighted by molar-refractivity contribution is -0.144. The molecule has 3 aromatic carbocycles. The highest BCUT2D eigenvalue weighted by molar-refractivity contribution is 5.99. The van der Waals surface area contributed by atoms with Crippen molar-refractivity contribution in [2.24, 2.45) is 10.8 Å². The quantitative estimate of drug-likeness (QED) is 0.0796. The van der Waals surface area contributed by atoms with E-state index in [0.29, 0.717) is 50.1 Å². The molecule has 0 bridgehead atoms. The Balaban J connectivity index is 1.62. The van der Waals surface area contributed by atoms with E-state index in [0.717, 1.165) is 33.8 Å². The third-order valence-electron chi connectivity index (χ3n) is 8.10. The van der Waals surface area contributed by atoms with Crippen molar-refractivity contribution >= 4 is 23.3 Å². The monoisotopic (exact) mass is 615 g/mol. The molecule has 45 heavy (non-hydrogen) atoms. The van der Waals surface area contributed by atoms with Gasteiger partial charge in [-0.15, -0.1) is 0 Å². The molecule has 3 rings (SSSR count). The van der Waals surface area contributed by atoms with Crippen LogP contribution in [0.4, 0.5) is 5.69 Å². The fourth-order valence-corrected chi connectivity index (χ4v) is 4.79. The van der Waals surface area contributed by atoms with Crippen LogP contribution in [0.2, 0.25) is 0 Å². The molecular weight excluding hydrogens is 566 g/mol. The lowest BCUT2D eigenvalue weighted by atomic mass is 9.86. The smallest absolute Gasteiger partial charge is 0.316 e. The third kappa shape index (κ3) is 10.2. The van der Waals surface area contributed by atoms with Crippen molar-refractivity contribution in [3.63, 3.8) is 0 Å². The van der Waals surface area contributed by atoms with Gasteiger partial charge in [-0.25, -0.2) is 0 Å². The standard InChI is InChI=1S/C38H49NO6/c1-25-12-14-27(3)32(22-25)43-20-10-18-37(6,7)35(41)39-31-17-16-30(29(5)40)24-34(31)45-36(42)38(8,9)19-11-21-44-33-23-26(2)13-15-28(33)4/h12-17,22-24H,10-11,18-21H2,1-9H3,(H,39,41). The fraction of sp³-hybridized carbons (Fsp3) is 0.447. The fourth-order valence-electron chi connectivity index (χ4n) is 4.79. The zero-order valence-corrected chi connectivity index (χ0v) is 28.4. The number of ketones is 1. The van der Waals surface area contributed by atoms with Gasteiger partial charge >= 0.3 is 5.97 Å². The van der Waals surface area contributed by atoms with Gasteiger partial charge in [0.05, 0.1) is 24.3 Å². The average Bonchev–Trinajstić information content (AvgIpc) is 2.97. The minimum atomic E-state index is -0.826. The molecule has 0 fully saturated rings. The van der Waals surface area contributed by atoms with Gasteiger partial charge in [0.2, 0.25) is 5.91 Å². The largest absolute Gasteiger partial charge is 0.493 e. The van der Waals surface area contributed by atoms with Crippen molar-refractivity contribution in [1.82, 2.24) is 0 Å². The lowest BCUT2D eigenvalue weighted by Crippen LogP contribution is -2.32. The molecule has 7 heteroatoms. The number of benzene rings is 3. The van der Waals surface area contributed by atoms with Crippen LogP contribution in [-0.2, 0) is 9.59 Å². The Labute approximate surface area is 268 Å². The summed E-state index contributed by atoms with van der Waals surface area (Å²) in [5, 5.41) is 2.94. The highest BCUT2D eigenvalue weighted by Gasteiger charge is 2.32. The summed E-state index contributed by atoms with van der Waals surface area (Å²) in [5.74, 6) is 1.00. The molecule has 1 N–H and O–H groups in total. The molecule has 1 amide bonds. The first-order valence-corrected chi connectivity index (χ1v) is 15.7. The van der Waals surface area contributed by atoms with Gasteiger partial charge in [0.15, 0.2) is 11.5 Å². The van der Waals surface area contributed by atoms with E-state index in [4.69, 9.17) is 14.2 Å². The van der Waals surface area contributed by atoms with E-state index < -0.39 is 16.8 Å². The highest BCUT2D eigenvalue weighted by Crippen LogP contribution is 2.33. The van der Waals surface area contributed by atoms with E-state index >= 15 is 0 Å². The SMILES string of the molecule is CC(=O)c1ccc(NC(=O)C(C)(C)CCCOc2cc(C)ccc2C)c(OC(=O)C(C)(C)CCCOc2cc(C)ccc2C)c1. The summed E-state index contributed by atoms with van der Waals surface area (Å²) < 4.78 is 17.8. The van der Waals surface area contributed by atoms with Crippen LogP contribution in [-0.4, -0.2) is 30.9 Å². The van der Waals surface area contributed by atoms with Crippen molar-refractivity contribution in [2.45, 2.75) is 88.0 Å². The Kier molecular flexibility index (Phi) is 12.0. The molecular formula is C38H49NO6. The van der Waals surface area contributed by atoms with Crippen LogP contribution in [0.5, 0.6) is 17.2 Å². The number of aryl methyl sites for hydroxylation is 4. The predicted octanol–water partition coefficient (Wildman–Crippen LogP) is 8.74. The van der Waals surface area contributed by atoms with E-state index in [-0.39, 0.29) is 17.4 Å². The maximum Gasteiger partial charge on any atom is 0.316 e. The predicted molar refractivity (Wildman–Crippen MR) is 180 cm³/mol. The first-order chi connectivity index (χ1) is 21.1. The van der Waals surface area contributed by atoms with Crippen LogP contribution in [0.1, 0.15) is 92.9 Å². The topological polar surface area (TPSA) is 90.9 Å². The van der Waals surface area contributed by atoms with E-state index in [1.54, 1.807) is 12.1 Å². The Morgan fingerprint density at radius 1 is 0.667 bits per heavy atom. The highest BCUT2D eigenvalue weighted by atomic mass is 16.5. The van der Waals surface area contributed by atoms with Crippen LogP contribution < -0.4 is 19.5 Å². The summed E-state index contributed by atoms with van der Waals surface area (Å²) >= 11 is 0. The van der Waals surface area contributed by atoms with Gasteiger partial charge < -0.3 is 19.5 Å². The molecule has 0 saturated heterocycles. The van der Waals surface area contributed by atoms with Gasteiger partial charge in [0, 0.05) is 11.0 Å². The van der Waals surface area contributed by atoms with Gasteiger partial charge in [-0.05, 0) is 127 Å². The average molecular weight is 616 g/mol. The Hall–Kier alpha value is -4.13. The second-order valence-corrected chi connectivity index (χ2v) is 13.3. The number of hydrogen-bond donors (Lipinski definition) is 1. The van der Waals surface area contributed by atoms with Crippen molar-refractivity contribution in [1.29, 1.82) is 0 Å². The number of carbonyl (C=O) groups is 3. The molecule has 0 saturated carbocycles. The van der Waals surface area contributed by atoms with E-state index in [1.165, 1.54) is 13.0 Å². The molecule has 0 aliphatic heterocycles. The van der Waals surface area contributed by atoms with Gasteiger partial charge in [-0.3, -0.25) is 14.4 Å². The van der Waals surface area contributed by atoms with Crippen molar-refractivity contribution in [3.8, 4) is 17.2 Å². The molecule has 0 radical (unpaired) electrons. The summed E-state index contributed by atoms with van der Waals surface area (Å²) in [7, 11) is 0. The van der Waals surface area contributed by atoms with Gasteiger partial charge in [-0.2, -0.15) is 0 Å². The van der Waals surface area contributed by atoms with Crippen LogP contribution in [0.25, 0.3) is 0 Å². The number of amides is 1. The van der Waals surface area contributed by atoms with Gasteiger partial charge in [0.1, 0.15) is 11.5 Å². The van der Waals surface area contributed by atoms with Crippen molar-refractivity contribution in [3.05, 3.63) is 82.4 Å². The molecule has 0 aliphatic carbocycles. The first-order valence-electron chi connectivity index (χ1n) is 15.7. The zero-order valence-electron chi connectivity index (χ0n) is 28.4. The number of esters is 1. The number of ether oxygens (including phenoxy) is 3. The molecule has 7 nitrogen and oxygen atoms in total. The number of hydrogen-bond acceptors (Lipinski definition) is 6. The van der Waals surface area contributed by atoms with Crippen LogP contribution in [0, 0.1) is 38.5 Å². The molecule has 0 unspecified atom stereocenters. The maximum atomic E-state index is 13.4. The summed E-state index contributed by atoms with van der Waals surface area (Å²) in [4.78, 5) is 38.9. The van der Waals surface area contributed by atoms with Crippen LogP contribution >= 0.6 is 0 Å². The number of rotatable bonds is 15. The van der Waals surface area contributed by atoms with Crippen molar-refractivity contribution in [2.75, 3.05) is 18.5 Å². The number of nitrogens with one attached hydrogen (secondary N) is 1. The third-order valence-corrected chi connectivity index (χ3v) is 8.10. The number of anilines is 1. The number of carbonyl (C=O) groups excluding carboxylic acids is 3. The van der Waals surface area contributed by atoms with E-state index in [1.807, 2.05) is 85.7 Å². The van der Waals surface area contributed by atoms with Crippen LogP contribution in [0.15, 0.2) is 54.6 Å². The summed E-state index contributed by atoms with van der Waals surface area (Å²) in [6, 6.07) is 16.9. The molecule has 3 aromatic rings.